The molecule has 0 atom stereocenters. The van der Waals surface area contributed by atoms with Crippen molar-refractivity contribution in [2.24, 2.45) is 0 Å². The van der Waals surface area contributed by atoms with E-state index >= 15 is 0 Å². The fraction of sp³-hybridized carbons (Fsp3) is 0.143. The van der Waals surface area contributed by atoms with E-state index in [4.69, 9.17) is 4.74 Å². The Labute approximate surface area is 353 Å². The van der Waals surface area contributed by atoms with Gasteiger partial charge in [-0.05, 0) is 105 Å². The predicted octanol–water partition coefficient (Wildman–Crippen LogP) is 13.2. The zero-order valence-corrected chi connectivity index (χ0v) is 34.7. The first-order valence-electron chi connectivity index (χ1n) is 21.5. The molecular weight excluding hydrogens is 727 g/mol. The number of aryl methyl sites for hydroxylation is 1. The third-order valence-electron chi connectivity index (χ3n) is 12.8. The van der Waals surface area contributed by atoms with E-state index < -0.39 is 0 Å². The Bertz CT molecular complexity index is 3050. The average molecular weight is 775 g/mol. The van der Waals surface area contributed by atoms with Gasteiger partial charge < -0.3 is 14.2 Å². The predicted molar refractivity (Wildman–Crippen MR) is 255 cm³/mol. The number of para-hydroxylation sites is 3. The van der Waals surface area contributed by atoms with Gasteiger partial charge >= 0.3 is 0 Å². The van der Waals surface area contributed by atoms with Gasteiger partial charge in [-0.2, -0.15) is 0 Å². The van der Waals surface area contributed by atoms with E-state index in [9.17, 15) is 0 Å². The van der Waals surface area contributed by atoms with Crippen molar-refractivity contribution < 1.29 is 4.74 Å². The lowest BCUT2D eigenvalue weighted by atomic mass is 9.34. The molecule has 60 heavy (non-hydrogen) atoms. The molecule has 3 heterocycles. The highest BCUT2D eigenvalue weighted by Gasteiger charge is 2.44. The van der Waals surface area contributed by atoms with Gasteiger partial charge in [-0.15, -0.1) is 0 Å². The van der Waals surface area contributed by atoms with E-state index in [0.29, 0.717) is 0 Å². The van der Waals surface area contributed by atoms with Crippen LogP contribution in [-0.4, -0.2) is 11.3 Å². The van der Waals surface area contributed by atoms with Crippen LogP contribution in [0.1, 0.15) is 51.7 Å². The summed E-state index contributed by atoms with van der Waals surface area (Å²) in [6, 6.07) is 65.1. The second-order valence-electron chi connectivity index (χ2n) is 17.5. The molecule has 290 valence electrons. The van der Waals surface area contributed by atoms with E-state index in [1.54, 1.807) is 0 Å². The van der Waals surface area contributed by atoms with Crippen molar-refractivity contribution in [3.05, 3.63) is 187 Å². The summed E-state index contributed by atoms with van der Waals surface area (Å²) < 4.78 is 9.57. The lowest BCUT2D eigenvalue weighted by Gasteiger charge is -2.42. The molecule has 2 aliphatic rings. The third kappa shape index (κ3) is 5.80. The molecule has 0 saturated heterocycles. The highest BCUT2D eigenvalue weighted by Crippen LogP contribution is 2.48. The molecule has 3 nitrogen and oxygen atoms in total. The number of benzene rings is 8. The molecule has 9 aromatic rings. The SMILES string of the molecule is CCCCc1cccc(-c2ccccc2)c1N1c2cc(-n3c4ccccc4c4ccccc43)ccc2B2c3cc(-c4ccccc4)ccc3Oc3cc(C(C)(C)C)cc1c32. The van der Waals surface area contributed by atoms with Crippen LogP contribution in [0.25, 0.3) is 49.7 Å². The highest BCUT2D eigenvalue weighted by atomic mass is 16.5. The van der Waals surface area contributed by atoms with Gasteiger partial charge in [-0.3, -0.25) is 0 Å². The van der Waals surface area contributed by atoms with Gasteiger partial charge in [-0.25, -0.2) is 0 Å². The number of nitrogens with zero attached hydrogens (tertiary/aromatic N) is 2. The standard InChI is InChI=1S/C56H47BN2O/c1-5-6-18-39-23-17-26-43(38-21-11-8-12-22-38)55(39)59-50-36-42(58-48-27-15-13-24-44(48)45-25-14-16-28-49(45)58)30-31-46(50)57-47-33-40(37-19-9-7-10-20-37)29-32-52(47)60-53-35-41(56(2,3)4)34-51(59)54(53)57/h7-17,19-36H,5-6,18H2,1-4H3. The lowest BCUT2D eigenvalue weighted by molar-refractivity contribution is 0.483. The number of anilines is 3. The van der Waals surface area contributed by atoms with Crippen LogP contribution in [0.3, 0.4) is 0 Å². The number of aromatic nitrogens is 1. The molecule has 0 fully saturated rings. The number of hydrogen-bond acceptors (Lipinski definition) is 2. The Morgan fingerprint density at radius 3 is 1.93 bits per heavy atom. The molecule has 0 aliphatic carbocycles. The van der Waals surface area contributed by atoms with E-state index in [1.807, 2.05) is 0 Å². The van der Waals surface area contributed by atoms with Crippen molar-refractivity contribution in [2.45, 2.75) is 52.4 Å². The second-order valence-corrected chi connectivity index (χ2v) is 17.5. The van der Waals surface area contributed by atoms with Gasteiger partial charge in [0.15, 0.2) is 0 Å². The van der Waals surface area contributed by atoms with E-state index in [1.165, 1.54) is 88.6 Å². The zero-order chi connectivity index (χ0) is 40.5. The summed E-state index contributed by atoms with van der Waals surface area (Å²) >= 11 is 0. The van der Waals surface area contributed by atoms with Gasteiger partial charge in [-0.1, -0.05) is 168 Å². The van der Waals surface area contributed by atoms with Crippen molar-refractivity contribution in [2.75, 3.05) is 4.90 Å². The van der Waals surface area contributed by atoms with Crippen LogP contribution in [0.5, 0.6) is 11.5 Å². The molecule has 0 unspecified atom stereocenters. The number of rotatable bonds is 7. The third-order valence-corrected chi connectivity index (χ3v) is 12.8. The van der Waals surface area contributed by atoms with Crippen molar-refractivity contribution in [1.29, 1.82) is 0 Å². The van der Waals surface area contributed by atoms with E-state index in [2.05, 4.69) is 213 Å². The highest BCUT2D eigenvalue weighted by molar-refractivity contribution is 6.99. The first kappa shape index (κ1) is 36.3. The smallest absolute Gasteiger partial charge is 0.256 e. The number of hydrogen-bond donors (Lipinski definition) is 0. The Balaban J connectivity index is 1.26. The van der Waals surface area contributed by atoms with Crippen LogP contribution in [0.2, 0.25) is 0 Å². The fourth-order valence-corrected chi connectivity index (χ4v) is 9.83. The summed E-state index contributed by atoms with van der Waals surface area (Å²) in [6.45, 7) is 9.19. The minimum absolute atomic E-state index is 0.0436. The van der Waals surface area contributed by atoms with Gasteiger partial charge in [0, 0.05) is 33.4 Å². The number of unbranched alkanes of at least 4 members (excludes halogenated alkanes) is 1. The molecule has 11 rings (SSSR count). The summed E-state index contributed by atoms with van der Waals surface area (Å²) in [7, 11) is 0. The maximum absolute atomic E-state index is 7.11. The maximum atomic E-state index is 7.11. The minimum Gasteiger partial charge on any atom is -0.458 e. The van der Waals surface area contributed by atoms with Crippen LogP contribution in [-0.2, 0) is 11.8 Å². The maximum Gasteiger partial charge on any atom is 0.256 e. The van der Waals surface area contributed by atoms with Crippen LogP contribution in [0, 0.1) is 0 Å². The molecule has 0 saturated carbocycles. The summed E-state index contributed by atoms with van der Waals surface area (Å²) in [5.41, 5.74) is 18.2. The molecule has 1 aromatic heterocycles. The first-order chi connectivity index (χ1) is 29.4. The quantitative estimate of drug-likeness (QED) is 0.150. The summed E-state index contributed by atoms with van der Waals surface area (Å²) in [4.78, 5) is 2.63. The van der Waals surface area contributed by atoms with Gasteiger partial charge in [0.1, 0.15) is 11.5 Å². The van der Waals surface area contributed by atoms with Crippen LogP contribution in [0.4, 0.5) is 17.1 Å². The van der Waals surface area contributed by atoms with Crippen molar-refractivity contribution in [1.82, 2.24) is 4.57 Å². The number of fused-ring (bicyclic) bond motifs is 7. The van der Waals surface area contributed by atoms with Crippen LogP contribution in [0.15, 0.2) is 176 Å². The molecule has 0 N–H and O–H groups in total. The molecule has 0 spiro atoms. The van der Waals surface area contributed by atoms with Crippen molar-refractivity contribution in [3.8, 4) is 39.4 Å². The van der Waals surface area contributed by atoms with E-state index in [-0.39, 0.29) is 12.1 Å². The van der Waals surface area contributed by atoms with E-state index in [0.717, 1.165) is 36.4 Å². The molecule has 0 amide bonds. The largest absolute Gasteiger partial charge is 0.458 e. The van der Waals surface area contributed by atoms with Crippen LogP contribution >= 0.6 is 0 Å². The Morgan fingerprint density at radius 2 is 1.23 bits per heavy atom. The Morgan fingerprint density at radius 1 is 0.550 bits per heavy atom. The minimum atomic E-state index is -0.122. The zero-order valence-electron chi connectivity index (χ0n) is 34.7. The van der Waals surface area contributed by atoms with Gasteiger partial charge in [0.2, 0.25) is 0 Å². The normalized spacial score (nSPS) is 12.9. The van der Waals surface area contributed by atoms with Crippen LogP contribution < -0.4 is 26.0 Å². The summed E-state index contributed by atoms with van der Waals surface area (Å²) in [6.07, 6.45) is 3.21. The fourth-order valence-electron chi connectivity index (χ4n) is 9.83. The molecule has 0 bridgehead atoms. The lowest BCUT2D eigenvalue weighted by Crippen LogP contribution is -2.59. The van der Waals surface area contributed by atoms with Crippen molar-refractivity contribution in [3.63, 3.8) is 0 Å². The Kier molecular flexibility index (Phi) is 8.60. The molecular formula is C56H47BN2O. The first-order valence-corrected chi connectivity index (χ1v) is 21.5. The molecule has 0 radical (unpaired) electrons. The number of ether oxygens (including phenoxy) is 1. The molecule has 4 heteroatoms. The van der Waals surface area contributed by atoms with Gasteiger partial charge in [0.05, 0.1) is 16.7 Å². The van der Waals surface area contributed by atoms with Crippen molar-refractivity contribution >= 4 is 62.0 Å². The average Bonchev–Trinajstić information content (AvgIpc) is 3.62. The topological polar surface area (TPSA) is 17.4 Å². The van der Waals surface area contributed by atoms with Gasteiger partial charge in [0.25, 0.3) is 6.71 Å². The Hall–Kier alpha value is -6.78. The summed E-state index contributed by atoms with van der Waals surface area (Å²) in [5.74, 6) is 1.86. The molecule has 2 aliphatic heterocycles. The second kappa shape index (κ2) is 14.2. The molecule has 8 aromatic carbocycles. The summed E-state index contributed by atoms with van der Waals surface area (Å²) in [5, 5.41) is 2.52. The monoisotopic (exact) mass is 774 g/mol.